The number of fused-ring (bicyclic) bond motifs is 1. The Hall–Kier alpha value is -2.30. The zero-order valence-electron chi connectivity index (χ0n) is 14.3. The van der Waals surface area contributed by atoms with Crippen molar-refractivity contribution in [3.05, 3.63) is 35.5 Å². The van der Waals surface area contributed by atoms with Crippen LogP contribution in [0.25, 0.3) is 10.9 Å². The number of aromatic amines is 1. The van der Waals surface area contributed by atoms with Gasteiger partial charge in [-0.1, -0.05) is 25.1 Å². The van der Waals surface area contributed by atoms with Gasteiger partial charge in [-0.15, -0.1) is 0 Å². The molecule has 126 valence electrons. The first kappa shape index (κ1) is 15.2. The Morgan fingerprint density at radius 2 is 1.88 bits per heavy atom. The van der Waals surface area contributed by atoms with Crippen LogP contribution in [0, 0.1) is 12.3 Å². The van der Waals surface area contributed by atoms with E-state index in [9.17, 15) is 9.59 Å². The molecule has 1 aromatic carbocycles. The molecule has 1 saturated heterocycles. The van der Waals surface area contributed by atoms with E-state index in [0.29, 0.717) is 19.5 Å². The number of H-pyrrole nitrogens is 1. The van der Waals surface area contributed by atoms with E-state index in [4.69, 9.17) is 0 Å². The fraction of sp³-hybridized carbons (Fsp3) is 0.474. The Morgan fingerprint density at radius 1 is 1.17 bits per heavy atom. The van der Waals surface area contributed by atoms with Crippen LogP contribution in [0.2, 0.25) is 0 Å². The van der Waals surface area contributed by atoms with Crippen molar-refractivity contribution in [1.82, 2.24) is 15.0 Å². The fourth-order valence-electron chi connectivity index (χ4n) is 3.60. The number of benzene rings is 1. The molecule has 2 amide bonds. The van der Waals surface area contributed by atoms with E-state index in [0.717, 1.165) is 41.4 Å². The maximum Gasteiger partial charge on any atom is 0.247 e. The standard InChI is InChI=1S/C19H23N3O2/c1-13-15(14-6-3-4-7-16(14)20-13)12-17(23)21-10-5-11-22(21)18(24)19(2)8-9-19/h3-4,6-7,20H,5,8-12H2,1-2H3. The number of carbonyl (C=O) groups excluding carboxylic acids is 2. The van der Waals surface area contributed by atoms with E-state index in [-0.39, 0.29) is 17.2 Å². The van der Waals surface area contributed by atoms with Gasteiger partial charge in [-0.05, 0) is 37.8 Å². The van der Waals surface area contributed by atoms with Gasteiger partial charge in [0.25, 0.3) is 0 Å². The van der Waals surface area contributed by atoms with Crippen molar-refractivity contribution in [3.63, 3.8) is 0 Å². The number of aryl methyl sites for hydroxylation is 1. The maximum absolute atomic E-state index is 12.9. The second-order valence-corrected chi connectivity index (χ2v) is 7.31. The van der Waals surface area contributed by atoms with E-state index >= 15 is 0 Å². The summed E-state index contributed by atoms with van der Waals surface area (Å²) in [6.45, 7) is 5.30. The Kier molecular flexibility index (Phi) is 3.41. The van der Waals surface area contributed by atoms with Crippen LogP contribution in [-0.2, 0) is 16.0 Å². The van der Waals surface area contributed by atoms with Crippen LogP contribution in [0.15, 0.2) is 24.3 Å². The molecule has 1 aromatic heterocycles. The number of hydrogen-bond donors (Lipinski definition) is 1. The van der Waals surface area contributed by atoms with Crippen LogP contribution >= 0.6 is 0 Å². The molecule has 1 aliphatic carbocycles. The molecular formula is C19H23N3O2. The smallest absolute Gasteiger partial charge is 0.247 e. The first-order valence-corrected chi connectivity index (χ1v) is 8.68. The third-order valence-corrected chi connectivity index (χ3v) is 5.42. The van der Waals surface area contributed by atoms with Crippen molar-refractivity contribution in [1.29, 1.82) is 0 Å². The number of amides is 2. The van der Waals surface area contributed by atoms with Gasteiger partial charge in [0.2, 0.25) is 11.8 Å². The Morgan fingerprint density at radius 3 is 2.62 bits per heavy atom. The summed E-state index contributed by atoms with van der Waals surface area (Å²) in [5.41, 5.74) is 2.88. The summed E-state index contributed by atoms with van der Waals surface area (Å²) in [7, 11) is 0. The van der Waals surface area contributed by atoms with Crippen molar-refractivity contribution in [2.45, 2.75) is 39.5 Å². The van der Waals surface area contributed by atoms with Gasteiger partial charge in [-0.3, -0.25) is 19.6 Å². The molecule has 4 rings (SSSR count). The normalized spacial score (nSPS) is 19.1. The largest absolute Gasteiger partial charge is 0.358 e. The molecule has 5 heteroatoms. The molecule has 2 fully saturated rings. The summed E-state index contributed by atoms with van der Waals surface area (Å²) < 4.78 is 0. The lowest BCUT2D eigenvalue weighted by atomic mass is 10.1. The molecule has 0 bridgehead atoms. The van der Waals surface area contributed by atoms with Crippen LogP contribution < -0.4 is 0 Å². The number of para-hydroxylation sites is 1. The van der Waals surface area contributed by atoms with Gasteiger partial charge < -0.3 is 4.98 Å². The highest BCUT2D eigenvalue weighted by atomic mass is 16.2. The molecule has 0 spiro atoms. The molecule has 0 unspecified atom stereocenters. The predicted octanol–water partition coefficient (Wildman–Crippen LogP) is 2.79. The molecule has 1 saturated carbocycles. The quantitative estimate of drug-likeness (QED) is 0.943. The third-order valence-electron chi connectivity index (χ3n) is 5.42. The molecule has 2 heterocycles. The highest BCUT2D eigenvalue weighted by molar-refractivity contribution is 5.92. The van der Waals surface area contributed by atoms with Crippen LogP contribution in [0.5, 0.6) is 0 Å². The van der Waals surface area contributed by atoms with Crippen LogP contribution in [0.4, 0.5) is 0 Å². The molecule has 1 aliphatic heterocycles. The fourth-order valence-corrected chi connectivity index (χ4v) is 3.60. The van der Waals surface area contributed by atoms with E-state index < -0.39 is 0 Å². The van der Waals surface area contributed by atoms with E-state index in [2.05, 4.69) is 4.98 Å². The van der Waals surface area contributed by atoms with Gasteiger partial charge in [-0.25, -0.2) is 0 Å². The summed E-state index contributed by atoms with van der Waals surface area (Å²) in [5, 5.41) is 4.46. The highest BCUT2D eigenvalue weighted by Crippen LogP contribution is 2.47. The summed E-state index contributed by atoms with van der Waals surface area (Å²) in [6.07, 6.45) is 3.06. The second kappa shape index (κ2) is 5.36. The Balaban J connectivity index is 1.57. The highest BCUT2D eigenvalue weighted by Gasteiger charge is 2.49. The van der Waals surface area contributed by atoms with Gasteiger partial charge >= 0.3 is 0 Å². The number of aromatic nitrogens is 1. The van der Waals surface area contributed by atoms with E-state index in [1.807, 2.05) is 38.1 Å². The van der Waals surface area contributed by atoms with Gasteiger partial charge in [-0.2, -0.15) is 0 Å². The predicted molar refractivity (Wildman–Crippen MR) is 92.1 cm³/mol. The van der Waals surface area contributed by atoms with Crippen molar-refractivity contribution in [2.75, 3.05) is 13.1 Å². The SMILES string of the molecule is Cc1[nH]c2ccccc2c1CC(=O)N1CCCN1C(=O)C1(C)CC1. The lowest BCUT2D eigenvalue weighted by molar-refractivity contribution is -0.160. The molecular weight excluding hydrogens is 302 g/mol. The number of hydrazine groups is 1. The average molecular weight is 325 g/mol. The average Bonchev–Trinajstić information content (AvgIpc) is 3.03. The first-order valence-electron chi connectivity index (χ1n) is 8.68. The van der Waals surface area contributed by atoms with Crippen molar-refractivity contribution >= 4 is 22.7 Å². The maximum atomic E-state index is 12.9. The van der Waals surface area contributed by atoms with Crippen LogP contribution in [0.3, 0.4) is 0 Å². The Labute approximate surface area is 141 Å². The monoisotopic (exact) mass is 325 g/mol. The summed E-state index contributed by atoms with van der Waals surface area (Å²) in [4.78, 5) is 28.9. The van der Waals surface area contributed by atoms with Crippen molar-refractivity contribution in [3.8, 4) is 0 Å². The number of carbonyl (C=O) groups is 2. The zero-order chi connectivity index (χ0) is 16.9. The van der Waals surface area contributed by atoms with Crippen molar-refractivity contribution in [2.24, 2.45) is 5.41 Å². The summed E-state index contributed by atoms with van der Waals surface area (Å²) >= 11 is 0. The lowest BCUT2D eigenvalue weighted by Gasteiger charge is -2.30. The minimum atomic E-state index is -0.237. The van der Waals surface area contributed by atoms with Gasteiger partial charge in [0.1, 0.15) is 0 Å². The molecule has 24 heavy (non-hydrogen) atoms. The van der Waals surface area contributed by atoms with Gasteiger partial charge in [0.15, 0.2) is 0 Å². The molecule has 0 atom stereocenters. The number of nitrogens with zero attached hydrogens (tertiary/aromatic N) is 2. The van der Waals surface area contributed by atoms with Gasteiger partial charge in [0, 0.05) is 35.1 Å². The summed E-state index contributed by atoms with van der Waals surface area (Å²) in [6, 6.07) is 8.04. The minimum absolute atomic E-state index is 0.0120. The number of rotatable bonds is 3. The number of hydrogen-bond acceptors (Lipinski definition) is 2. The zero-order valence-corrected chi connectivity index (χ0v) is 14.3. The molecule has 1 N–H and O–H groups in total. The van der Waals surface area contributed by atoms with Crippen molar-refractivity contribution < 1.29 is 9.59 Å². The molecule has 2 aliphatic rings. The lowest BCUT2D eigenvalue weighted by Crippen LogP contribution is -2.47. The molecule has 0 radical (unpaired) electrons. The van der Waals surface area contributed by atoms with Crippen LogP contribution in [0.1, 0.15) is 37.4 Å². The molecule has 5 nitrogen and oxygen atoms in total. The first-order chi connectivity index (χ1) is 11.5. The topological polar surface area (TPSA) is 56.4 Å². The van der Waals surface area contributed by atoms with E-state index in [1.165, 1.54) is 0 Å². The number of nitrogens with one attached hydrogen (secondary N) is 1. The third kappa shape index (κ3) is 2.39. The van der Waals surface area contributed by atoms with Gasteiger partial charge in [0.05, 0.1) is 6.42 Å². The Bertz CT molecular complexity index is 819. The van der Waals surface area contributed by atoms with E-state index in [1.54, 1.807) is 10.0 Å². The minimum Gasteiger partial charge on any atom is -0.358 e. The second-order valence-electron chi connectivity index (χ2n) is 7.31. The summed E-state index contributed by atoms with van der Waals surface area (Å²) in [5.74, 6) is 0.127. The molecule has 2 aromatic rings. The van der Waals surface area contributed by atoms with Crippen LogP contribution in [-0.4, -0.2) is 39.9 Å².